The van der Waals surface area contributed by atoms with Crippen LogP contribution in [0.15, 0.2) is 43.0 Å². The van der Waals surface area contributed by atoms with Gasteiger partial charge in [-0.25, -0.2) is 14.4 Å². The minimum atomic E-state index is -0.488. The molecule has 1 aromatic carbocycles. The largest absolute Gasteiger partial charge is 0.490 e. The summed E-state index contributed by atoms with van der Waals surface area (Å²) in [6.07, 6.45) is 10.7. The number of ether oxygens (including phenoxy) is 2. The number of carbonyl (C=O) groups is 1. The van der Waals surface area contributed by atoms with Crippen LogP contribution in [0.3, 0.4) is 0 Å². The molecule has 3 aromatic rings. The van der Waals surface area contributed by atoms with Crippen molar-refractivity contribution in [3.05, 3.63) is 65.6 Å². The summed E-state index contributed by atoms with van der Waals surface area (Å²) in [5.41, 5.74) is 2.80. The number of halogens is 1. The summed E-state index contributed by atoms with van der Waals surface area (Å²) in [4.78, 5) is 35.7. The molecule has 1 spiro atoms. The average molecular weight is 644 g/mol. The van der Waals surface area contributed by atoms with E-state index in [4.69, 9.17) is 14.5 Å². The number of anilines is 1. The van der Waals surface area contributed by atoms with Crippen molar-refractivity contribution < 1.29 is 18.7 Å². The van der Waals surface area contributed by atoms with Crippen LogP contribution in [0, 0.1) is 11.2 Å². The van der Waals surface area contributed by atoms with E-state index in [0.29, 0.717) is 18.1 Å². The van der Waals surface area contributed by atoms with Crippen LogP contribution in [-0.2, 0) is 13.0 Å². The van der Waals surface area contributed by atoms with E-state index in [2.05, 4.69) is 31.7 Å². The number of pyridine rings is 1. The second-order valence-corrected chi connectivity index (χ2v) is 14.1. The molecule has 1 amide bonds. The summed E-state index contributed by atoms with van der Waals surface area (Å²) in [7, 11) is 2.23. The van der Waals surface area contributed by atoms with Gasteiger partial charge < -0.3 is 24.2 Å². The van der Waals surface area contributed by atoms with Crippen molar-refractivity contribution >= 4 is 11.7 Å². The predicted molar refractivity (Wildman–Crippen MR) is 178 cm³/mol. The molecule has 4 aliphatic rings. The highest BCUT2D eigenvalue weighted by Crippen LogP contribution is 2.52. The molecule has 0 N–H and O–H groups in total. The van der Waals surface area contributed by atoms with Crippen molar-refractivity contribution in [3.8, 4) is 17.2 Å². The van der Waals surface area contributed by atoms with E-state index < -0.39 is 5.82 Å². The highest BCUT2D eigenvalue weighted by atomic mass is 19.1. The van der Waals surface area contributed by atoms with Crippen LogP contribution in [0.4, 0.5) is 10.2 Å². The number of amides is 1. The van der Waals surface area contributed by atoms with Crippen LogP contribution >= 0.6 is 0 Å². The van der Waals surface area contributed by atoms with Crippen molar-refractivity contribution in [2.24, 2.45) is 5.41 Å². The second kappa shape index (κ2) is 13.0. The Hall–Kier alpha value is -3.83. The van der Waals surface area contributed by atoms with E-state index in [0.717, 1.165) is 63.8 Å². The molecule has 5 heterocycles. The van der Waals surface area contributed by atoms with E-state index in [9.17, 15) is 9.18 Å². The fourth-order valence-electron chi connectivity index (χ4n) is 7.77. The highest BCUT2D eigenvalue weighted by Gasteiger charge is 2.54. The molecule has 250 valence electrons. The standard InChI is InChI=1S/C36H46FN7O3/c1-5-44(24(2)3)35(45)28-16-25(37)6-7-31(28)47-33-19-38-23-40-34(33)43-21-36(22-43)17-27(18-36)46-32-8-12-39-30-11-15-42(20-29(30)32)14-10-26-9-13-41(26)4/h6-8,12,16,19,23-24,26-27H,5,9-11,13-15,17-18,20-22H2,1-4H3/t26-/m0/s1. The molecule has 0 unspecified atom stereocenters. The lowest BCUT2D eigenvalue weighted by Gasteiger charge is -2.59. The maximum atomic E-state index is 14.3. The van der Waals surface area contributed by atoms with Gasteiger partial charge in [0.2, 0.25) is 0 Å². The number of likely N-dealkylation sites (tertiary alicyclic amines) is 1. The second-order valence-electron chi connectivity index (χ2n) is 14.1. The first-order valence-electron chi connectivity index (χ1n) is 17.1. The fraction of sp³-hybridized carbons (Fsp3) is 0.556. The number of carbonyl (C=O) groups excluding carboxylic acids is 1. The van der Waals surface area contributed by atoms with Gasteiger partial charge in [-0.1, -0.05) is 0 Å². The van der Waals surface area contributed by atoms with Crippen molar-refractivity contribution in [1.82, 2.24) is 29.7 Å². The van der Waals surface area contributed by atoms with E-state index in [1.807, 2.05) is 33.0 Å². The summed E-state index contributed by atoms with van der Waals surface area (Å²) in [5, 5.41) is 0. The fourth-order valence-corrected chi connectivity index (χ4v) is 7.77. The van der Waals surface area contributed by atoms with E-state index in [1.54, 1.807) is 11.1 Å². The molecule has 1 aliphatic carbocycles. The van der Waals surface area contributed by atoms with E-state index in [1.165, 1.54) is 55.2 Å². The molecular weight excluding hydrogens is 597 g/mol. The molecule has 0 radical (unpaired) electrons. The van der Waals surface area contributed by atoms with Gasteiger partial charge in [0.15, 0.2) is 11.6 Å². The third kappa shape index (κ3) is 6.39. The van der Waals surface area contributed by atoms with E-state index in [-0.39, 0.29) is 34.8 Å². The topological polar surface area (TPSA) is 87.2 Å². The van der Waals surface area contributed by atoms with Crippen LogP contribution in [0.1, 0.15) is 68.1 Å². The first-order valence-corrected chi connectivity index (χ1v) is 17.1. The monoisotopic (exact) mass is 643 g/mol. The Bertz CT molecular complexity index is 1610. The Kier molecular flexibility index (Phi) is 8.78. The first-order chi connectivity index (χ1) is 22.7. The Balaban J connectivity index is 0.971. The average Bonchev–Trinajstić information content (AvgIpc) is 3.02. The summed E-state index contributed by atoms with van der Waals surface area (Å²) in [6.45, 7) is 12.3. The normalized spacial score (nSPS) is 20.7. The van der Waals surface area contributed by atoms with Crippen molar-refractivity contribution in [3.63, 3.8) is 0 Å². The molecule has 11 heteroatoms. The van der Waals surface area contributed by atoms with Gasteiger partial charge in [-0.05, 0) is 90.9 Å². The van der Waals surface area contributed by atoms with Crippen LogP contribution in [-0.4, -0.2) is 100 Å². The lowest BCUT2D eigenvalue weighted by Crippen LogP contribution is -2.65. The SMILES string of the molecule is CCN(C(=O)c1cc(F)ccc1Oc1cncnc1N1CC2(CC(Oc3ccnc4c3CN(CC[C@@H]3CCN3C)CC4)C2)C1)C(C)C. The van der Waals surface area contributed by atoms with Crippen LogP contribution < -0.4 is 14.4 Å². The quantitative estimate of drug-likeness (QED) is 0.281. The molecule has 7 rings (SSSR count). The zero-order valence-electron chi connectivity index (χ0n) is 28.0. The number of hydrogen-bond donors (Lipinski definition) is 0. The van der Waals surface area contributed by atoms with Crippen LogP contribution in [0.25, 0.3) is 0 Å². The summed E-state index contributed by atoms with van der Waals surface area (Å²) in [6, 6.07) is 6.79. The molecule has 2 aromatic heterocycles. The van der Waals surface area contributed by atoms with Gasteiger partial charge in [0, 0.05) is 74.1 Å². The highest BCUT2D eigenvalue weighted by molar-refractivity contribution is 5.97. The zero-order chi connectivity index (χ0) is 32.7. The minimum absolute atomic E-state index is 0.0328. The Morgan fingerprint density at radius 3 is 2.68 bits per heavy atom. The van der Waals surface area contributed by atoms with Gasteiger partial charge in [-0.2, -0.15) is 0 Å². The van der Waals surface area contributed by atoms with Crippen LogP contribution in [0.5, 0.6) is 17.2 Å². The number of hydrogen-bond acceptors (Lipinski definition) is 9. The summed E-state index contributed by atoms with van der Waals surface area (Å²) < 4.78 is 27.2. The number of benzene rings is 1. The lowest BCUT2D eigenvalue weighted by molar-refractivity contribution is -0.0353. The Morgan fingerprint density at radius 2 is 1.96 bits per heavy atom. The molecule has 1 atom stereocenters. The van der Waals surface area contributed by atoms with Crippen molar-refractivity contribution in [2.75, 3.05) is 51.2 Å². The van der Waals surface area contributed by atoms with Gasteiger partial charge in [0.05, 0.1) is 11.8 Å². The molecule has 10 nitrogen and oxygen atoms in total. The first kappa shape index (κ1) is 31.8. The van der Waals surface area contributed by atoms with Gasteiger partial charge in [-0.3, -0.25) is 14.7 Å². The number of fused-ring (bicyclic) bond motifs is 1. The molecule has 0 bridgehead atoms. The Labute approximate surface area is 276 Å². The summed E-state index contributed by atoms with van der Waals surface area (Å²) in [5.74, 6) is 1.63. The van der Waals surface area contributed by atoms with Gasteiger partial charge in [0.1, 0.15) is 29.7 Å². The molecule has 2 saturated heterocycles. The minimum Gasteiger partial charge on any atom is -0.490 e. The molecular formula is C36H46FN7O3. The number of aromatic nitrogens is 3. The third-order valence-electron chi connectivity index (χ3n) is 10.6. The van der Waals surface area contributed by atoms with Gasteiger partial charge in [-0.15, -0.1) is 0 Å². The zero-order valence-corrected chi connectivity index (χ0v) is 28.0. The van der Waals surface area contributed by atoms with E-state index >= 15 is 0 Å². The van der Waals surface area contributed by atoms with Gasteiger partial charge >= 0.3 is 0 Å². The lowest BCUT2D eigenvalue weighted by atomic mass is 9.61. The number of rotatable bonds is 11. The summed E-state index contributed by atoms with van der Waals surface area (Å²) >= 11 is 0. The molecule has 3 aliphatic heterocycles. The van der Waals surface area contributed by atoms with Crippen LogP contribution in [0.2, 0.25) is 0 Å². The molecule has 3 fully saturated rings. The van der Waals surface area contributed by atoms with Crippen molar-refractivity contribution in [1.29, 1.82) is 0 Å². The maximum Gasteiger partial charge on any atom is 0.257 e. The van der Waals surface area contributed by atoms with Gasteiger partial charge in [0.25, 0.3) is 5.91 Å². The number of nitrogens with zero attached hydrogens (tertiary/aromatic N) is 7. The third-order valence-corrected chi connectivity index (χ3v) is 10.6. The smallest absolute Gasteiger partial charge is 0.257 e. The predicted octanol–water partition coefficient (Wildman–Crippen LogP) is 5.17. The maximum absolute atomic E-state index is 14.3. The Morgan fingerprint density at radius 1 is 1.13 bits per heavy atom. The van der Waals surface area contributed by atoms with Crippen molar-refractivity contribution in [2.45, 2.75) is 77.6 Å². The molecule has 1 saturated carbocycles. The molecule has 47 heavy (non-hydrogen) atoms.